The van der Waals surface area contributed by atoms with E-state index in [-0.39, 0.29) is 73.9 Å². The predicted octanol–water partition coefficient (Wildman–Crippen LogP) is 4.46. The van der Waals surface area contributed by atoms with Crippen molar-refractivity contribution in [3.8, 4) is 0 Å². The lowest BCUT2D eigenvalue weighted by atomic mass is 9.44. The molecule has 4 aliphatic rings. The highest BCUT2D eigenvalue weighted by molar-refractivity contribution is 5.98. The van der Waals surface area contributed by atoms with Gasteiger partial charge in [0.25, 0.3) is 0 Å². The maximum atomic E-state index is 15.4. The number of primary amides is 1. The highest BCUT2D eigenvalue weighted by Gasteiger charge is 2.78. The fourth-order valence-corrected chi connectivity index (χ4v) is 12.9. The highest BCUT2D eigenvalue weighted by Crippen LogP contribution is 2.64. The summed E-state index contributed by atoms with van der Waals surface area (Å²) in [7, 11) is 2.72. The molecule has 518 valence electrons. The van der Waals surface area contributed by atoms with E-state index in [0.717, 1.165) is 11.8 Å². The first kappa shape index (κ1) is 73.7. The molecule has 1 saturated heterocycles. The van der Waals surface area contributed by atoms with Gasteiger partial charge in [0.05, 0.1) is 35.6 Å². The number of amides is 7. The molecule has 13 atom stereocenters. The van der Waals surface area contributed by atoms with Crippen molar-refractivity contribution in [1.29, 1.82) is 0 Å². The van der Waals surface area contributed by atoms with Gasteiger partial charge < -0.3 is 91.0 Å². The van der Waals surface area contributed by atoms with Crippen LogP contribution in [0.5, 0.6) is 0 Å². The average molecular weight is 1330 g/mol. The molecule has 1 aliphatic heterocycles. The van der Waals surface area contributed by atoms with Crippen molar-refractivity contribution in [2.45, 2.75) is 173 Å². The molecule has 3 aromatic rings. The number of benzene rings is 3. The Labute approximate surface area is 551 Å². The van der Waals surface area contributed by atoms with Crippen molar-refractivity contribution >= 4 is 65.5 Å². The van der Waals surface area contributed by atoms with Gasteiger partial charge in [-0.3, -0.25) is 19.2 Å². The van der Waals surface area contributed by atoms with E-state index in [1.807, 2.05) is 0 Å². The van der Waals surface area contributed by atoms with Crippen LogP contribution < -0.4 is 32.7 Å². The van der Waals surface area contributed by atoms with E-state index in [9.17, 15) is 53.7 Å². The van der Waals surface area contributed by atoms with E-state index >= 15 is 9.59 Å². The summed E-state index contributed by atoms with van der Waals surface area (Å²) >= 11 is 0. The first-order valence-corrected chi connectivity index (χ1v) is 31.4. The van der Waals surface area contributed by atoms with Crippen LogP contribution in [-0.4, -0.2) is 191 Å². The number of hydrogen-bond acceptors (Lipinski definition) is 21. The number of ether oxygens (including phenoxy) is 7. The van der Waals surface area contributed by atoms with E-state index < -0.39 is 155 Å². The van der Waals surface area contributed by atoms with Crippen molar-refractivity contribution < 1.29 is 96.4 Å². The molecule has 0 unspecified atom stereocenters. The number of hydrogen-bond donors (Lipinski definition) is 9. The fraction of sp³-hybridized carbons (Fsp3) is 0.552. The van der Waals surface area contributed by atoms with Gasteiger partial charge in [0.15, 0.2) is 11.4 Å². The zero-order valence-electron chi connectivity index (χ0n) is 55.6. The van der Waals surface area contributed by atoms with Crippen LogP contribution in [0.2, 0.25) is 0 Å². The van der Waals surface area contributed by atoms with E-state index in [2.05, 4.69) is 21.3 Å². The largest absolute Gasteiger partial charge is 0.455 e. The molecule has 28 nitrogen and oxygen atoms in total. The number of ketones is 1. The second kappa shape index (κ2) is 29.9. The van der Waals surface area contributed by atoms with Crippen LogP contribution in [0.25, 0.3) is 0 Å². The summed E-state index contributed by atoms with van der Waals surface area (Å²) < 4.78 is 42.0. The Morgan fingerprint density at radius 2 is 1.44 bits per heavy atom. The van der Waals surface area contributed by atoms with Gasteiger partial charge in [-0.05, 0) is 99.9 Å². The number of likely N-dealkylation sites (N-methyl/N-ethyl adjacent to an activating group) is 2. The monoisotopic (exact) mass is 1330 g/mol. The van der Waals surface area contributed by atoms with E-state index in [1.54, 1.807) is 95.3 Å². The molecule has 95 heavy (non-hydrogen) atoms. The molecule has 11 N–H and O–H groups in total. The summed E-state index contributed by atoms with van der Waals surface area (Å²) in [6, 6.07) is 17.7. The number of anilines is 1. The minimum atomic E-state index is -2.52. The molecule has 7 amide bonds. The second-order valence-corrected chi connectivity index (χ2v) is 26.8. The third kappa shape index (κ3) is 16.3. The Kier molecular flexibility index (Phi) is 23.2. The minimum Gasteiger partial charge on any atom is -0.455 e. The highest BCUT2D eigenvalue weighted by atomic mass is 16.6. The van der Waals surface area contributed by atoms with Crippen molar-refractivity contribution in [3.05, 3.63) is 113 Å². The Morgan fingerprint density at radius 1 is 0.832 bits per heavy atom. The SMILES string of the molecule is CC(=O)O[C@@]12CO[C@@H]1C[C@H](O)[C@@]1(C)C(=O)[C@H](O)C3=C(C)[C@@H](OC(=O)[C@H](OC(=O)N(C)CCN(C)C(=O)OCc4ccc(NC(=O)[C@H](CCCNC(N)=O)NC(=O)[C@@H](N)C(C)C)cc4)[C@@H](NC(=O)OC(C)(C)C)c4ccccc4)C[C@@](O)([C@@H](OC(=O)c4ccccc4)[C@H]21)C3(C)C. The smallest absolute Gasteiger partial charge is 0.410 e. The molecule has 28 heteroatoms. The molecule has 0 aromatic heterocycles. The van der Waals surface area contributed by atoms with Gasteiger partial charge >= 0.3 is 42.2 Å². The van der Waals surface area contributed by atoms with E-state index in [0.29, 0.717) is 17.7 Å². The van der Waals surface area contributed by atoms with Crippen LogP contribution in [0.1, 0.15) is 122 Å². The van der Waals surface area contributed by atoms with Crippen LogP contribution in [0.3, 0.4) is 0 Å². The zero-order chi connectivity index (χ0) is 70.3. The van der Waals surface area contributed by atoms with Gasteiger partial charge in [-0.25, -0.2) is 28.8 Å². The lowest BCUT2D eigenvalue weighted by Crippen LogP contribution is -2.81. The van der Waals surface area contributed by atoms with Crippen molar-refractivity contribution in [3.63, 3.8) is 0 Å². The first-order valence-electron chi connectivity index (χ1n) is 31.4. The maximum Gasteiger partial charge on any atom is 0.410 e. The molecule has 3 aliphatic carbocycles. The number of esters is 3. The van der Waals surface area contributed by atoms with E-state index in [1.165, 1.54) is 71.0 Å². The number of aliphatic hydroxyl groups is 3. The third-order valence-corrected chi connectivity index (χ3v) is 18.4. The molecular formula is C67H90N8O20. The number of aliphatic hydroxyl groups excluding tert-OH is 2. The van der Waals surface area contributed by atoms with E-state index in [4.69, 9.17) is 44.6 Å². The molecule has 0 spiro atoms. The summed E-state index contributed by atoms with van der Waals surface area (Å²) in [5.74, 6) is -7.07. The second-order valence-electron chi connectivity index (χ2n) is 26.8. The molecule has 1 heterocycles. The van der Waals surface area contributed by atoms with Crippen molar-refractivity contribution in [2.24, 2.45) is 34.1 Å². The average Bonchev–Trinajstić information content (AvgIpc) is 0.671. The number of fused-ring (bicyclic) bond motifs is 5. The Bertz CT molecular complexity index is 3360. The number of urea groups is 1. The van der Waals surface area contributed by atoms with Gasteiger partial charge in [-0.1, -0.05) is 88.4 Å². The Balaban J connectivity index is 1.14. The summed E-state index contributed by atoms with van der Waals surface area (Å²) in [5, 5.41) is 49.2. The van der Waals surface area contributed by atoms with Crippen LogP contribution in [0.4, 0.5) is 24.9 Å². The molecular weight excluding hydrogens is 1240 g/mol. The molecule has 3 fully saturated rings. The number of nitrogens with two attached hydrogens (primary N) is 2. The minimum absolute atomic E-state index is 0.0136. The van der Waals surface area contributed by atoms with Crippen LogP contribution in [-0.2, 0) is 63.7 Å². The third-order valence-electron chi connectivity index (χ3n) is 18.4. The molecule has 2 bridgehead atoms. The molecule has 7 rings (SSSR count). The quantitative estimate of drug-likeness (QED) is 0.0274. The summed E-state index contributed by atoms with van der Waals surface area (Å²) in [4.78, 5) is 140. The van der Waals surface area contributed by atoms with Gasteiger partial charge in [-0.15, -0.1) is 0 Å². The lowest BCUT2D eigenvalue weighted by Gasteiger charge is -2.67. The van der Waals surface area contributed by atoms with Crippen LogP contribution in [0, 0.1) is 22.7 Å². The Morgan fingerprint density at radius 3 is 2.01 bits per heavy atom. The lowest BCUT2D eigenvalue weighted by molar-refractivity contribution is -0.346. The number of Topliss-reactive ketones (excluding diaryl/α,β-unsaturated/α-hetero) is 1. The first-order chi connectivity index (χ1) is 44.5. The summed E-state index contributed by atoms with van der Waals surface area (Å²) in [6.07, 6.45) is -14.1. The van der Waals surface area contributed by atoms with Crippen LogP contribution in [0.15, 0.2) is 96.1 Å². The maximum absolute atomic E-state index is 15.4. The van der Waals surface area contributed by atoms with Crippen molar-refractivity contribution in [2.75, 3.05) is 45.7 Å². The normalized spacial score (nSPS) is 25.5. The topological polar surface area (TPSA) is 403 Å². The number of alkyl carbamates (subject to hydrolysis) is 1. The number of carbonyl (C=O) groups excluding carboxylic acids is 10. The number of carbonyl (C=O) groups is 10. The number of rotatable bonds is 23. The van der Waals surface area contributed by atoms with Gasteiger partial charge in [0.1, 0.15) is 54.3 Å². The van der Waals surface area contributed by atoms with Crippen molar-refractivity contribution in [1.82, 2.24) is 25.8 Å². The standard InChI is InChI=1S/C67H90N8O20/c1-36(2)48(68)56(81)72-43(24-19-29-70-59(69)84)55(80)71-42-27-25-39(26-28-42)34-89-61(86)74(11)30-31-75(12)62(87)92-51(49(40-20-15-13-16-21-40)73-60(85)95-63(5,6)7)58(83)91-44-33-67(88)54(93-57(82)41-22-17-14-18-23-41)52-65(10,53(79)50(78)47(37(44)3)64(67,8)9)45(77)32-46-66(52,35-90-46)94-38(4)76/h13-18,20-23,25-28,36,43-46,48-52,54,77-78,88H,19,24,29-35,68H2,1-12H3,(H,71,80)(H,72,81)(H,73,85)(H3,69,70,84)/t43-,44-,45-,46+,48-,49-,50+,51+,52-,54-,65+,66-,67+/m0/s1. The Hall–Kier alpha value is -8.70. The fourth-order valence-electron chi connectivity index (χ4n) is 12.9. The molecule has 3 aromatic carbocycles. The van der Waals surface area contributed by atoms with Gasteiger partial charge in [0, 0.05) is 64.6 Å². The molecule has 0 radical (unpaired) electrons. The number of nitrogens with one attached hydrogen (secondary N) is 4. The number of nitrogens with zero attached hydrogens (tertiary/aromatic N) is 2. The predicted molar refractivity (Wildman–Crippen MR) is 340 cm³/mol. The zero-order valence-corrected chi connectivity index (χ0v) is 55.6. The summed E-state index contributed by atoms with van der Waals surface area (Å²) in [6.45, 7) is 14.4. The van der Waals surface area contributed by atoms with Gasteiger partial charge in [0.2, 0.25) is 17.9 Å². The molecule has 2 saturated carbocycles. The van der Waals surface area contributed by atoms with Crippen LogP contribution >= 0.6 is 0 Å². The van der Waals surface area contributed by atoms with Gasteiger partial charge in [-0.2, -0.15) is 0 Å². The summed E-state index contributed by atoms with van der Waals surface area (Å²) in [5.41, 5.74) is 2.82.